The Hall–Kier alpha value is -2.64. The molecule has 0 spiro atoms. The number of amides is 1. The van der Waals surface area contributed by atoms with Gasteiger partial charge in [-0.1, -0.05) is 0 Å². The maximum absolute atomic E-state index is 12.2. The van der Waals surface area contributed by atoms with E-state index in [-0.39, 0.29) is 25.1 Å². The number of aromatic amines is 1. The maximum Gasteiger partial charge on any atom is 0.309 e. The van der Waals surface area contributed by atoms with Crippen LogP contribution in [0.25, 0.3) is 0 Å². The molecule has 8 heteroatoms. The van der Waals surface area contributed by atoms with Gasteiger partial charge in [-0.3, -0.25) is 19.2 Å². The number of H-pyrrole nitrogens is 1. The highest BCUT2D eigenvalue weighted by Gasteiger charge is 2.40. The number of carboxylic acids is 2. The number of hydrogen-bond donors (Lipinski definition) is 3. The monoisotopic (exact) mass is 294 g/mol. The predicted octanol–water partition coefficient (Wildman–Crippen LogP) is -0.378. The summed E-state index contributed by atoms with van der Waals surface area (Å²) in [5.74, 6) is -5.25. The first-order valence-electron chi connectivity index (χ1n) is 6.33. The molecule has 1 aliphatic heterocycles. The molecule has 112 valence electrons. The van der Waals surface area contributed by atoms with Crippen molar-refractivity contribution in [2.75, 3.05) is 13.1 Å². The molecular formula is C13H14N2O6. The molecule has 1 aromatic heterocycles. The number of pyridine rings is 1. The van der Waals surface area contributed by atoms with E-state index in [9.17, 15) is 19.2 Å². The third-order valence-electron chi connectivity index (χ3n) is 3.59. The van der Waals surface area contributed by atoms with Crippen LogP contribution in [-0.2, 0) is 9.59 Å². The van der Waals surface area contributed by atoms with E-state index in [4.69, 9.17) is 10.2 Å². The normalized spacial score (nSPS) is 21.8. The Labute approximate surface area is 119 Å². The topological polar surface area (TPSA) is 128 Å². The van der Waals surface area contributed by atoms with Gasteiger partial charge >= 0.3 is 11.9 Å². The number of likely N-dealkylation sites (tertiary alicyclic amines) is 1. The van der Waals surface area contributed by atoms with Gasteiger partial charge in [0.15, 0.2) is 5.43 Å². The Bertz CT molecular complexity index is 638. The zero-order valence-corrected chi connectivity index (χ0v) is 11.0. The fourth-order valence-corrected chi connectivity index (χ4v) is 2.44. The molecule has 8 nitrogen and oxygen atoms in total. The SMILES string of the molecule is O=C(O)C1CCN(C(=O)c2c[nH]ccc2=O)CC1C(=O)O. The summed E-state index contributed by atoms with van der Waals surface area (Å²) in [7, 11) is 0. The highest BCUT2D eigenvalue weighted by Crippen LogP contribution is 2.25. The zero-order valence-electron chi connectivity index (χ0n) is 11.0. The summed E-state index contributed by atoms with van der Waals surface area (Å²) < 4.78 is 0. The minimum Gasteiger partial charge on any atom is -0.481 e. The van der Waals surface area contributed by atoms with Crippen molar-refractivity contribution in [3.05, 3.63) is 34.2 Å². The van der Waals surface area contributed by atoms with Crippen LogP contribution in [0.3, 0.4) is 0 Å². The molecule has 2 heterocycles. The number of carboxylic acid groups (broad SMARTS) is 2. The first-order valence-corrected chi connectivity index (χ1v) is 6.33. The molecule has 21 heavy (non-hydrogen) atoms. The fraction of sp³-hybridized carbons (Fsp3) is 0.385. The van der Waals surface area contributed by atoms with Crippen molar-refractivity contribution >= 4 is 17.8 Å². The van der Waals surface area contributed by atoms with Gasteiger partial charge in [0.1, 0.15) is 5.56 Å². The van der Waals surface area contributed by atoms with Crippen molar-refractivity contribution in [3.8, 4) is 0 Å². The third kappa shape index (κ3) is 2.93. The average molecular weight is 294 g/mol. The van der Waals surface area contributed by atoms with E-state index in [1.54, 1.807) is 0 Å². The number of piperidine rings is 1. The molecule has 1 amide bonds. The van der Waals surface area contributed by atoms with Crippen LogP contribution in [-0.4, -0.2) is 51.0 Å². The molecule has 0 aliphatic carbocycles. The van der Waals surface area contributed by atoms with Crippen LogP contribution in [0, 0.1) is 11.8 Å². The standard InChI is InChI=1S/C13H14N2O6/c16-10-1-3-14-5-8(10)11(17)15-4-2-7(12(18)19)9(6-15)13(20)21/h1,3,5,7,9H,2,4,6H2,(H,14,16)(H,18,19)(H,20,21). The number of aliphatic carboxylic acids is 2. The van der Waals surface area contributed by atoms with E-state index in [0.717, 1.165) is 0 Å². The van der Waals surface area contributed by atoms with Crippen molar-refractivity contribution in [1.29, 1.82) is 0 Å². The van der Waals surface area contributed by atoms with Gasteiger partial charge in [0.05, 0.1) is 11.8 Å². The quantitative estimate of drug-likeness (QED) is 0.697. The number of nitrogens with one attached hydrogen (secondary N) is 1. The molecule has 3 N–H and O–H groups in total. The van der Waals surface area contributed by atoms with Gasteiger partial charge < -0.3 is 20.1 Å². The van der Waals surface area contributed by atoms with Crippen LogP contribution in [0.5, 0.6) is 0 Å². The van der Waals surface area contributed by atoms with Crippen LogP contribution in [0.2, 0.25) is 0 Å². The maximum atomic E-state index is 12.2. The van der Waals surface area contributed by atoms with Crippen LogP contribution in [0.15, 0.2) is 23.3 Å². The molecule has 1 aliphatic rings. The van der Waals surface area contributed by atoms with Crippen LogP contribution in [0.1, 0.15) is 16.8 Å². The molecule has 1 aromatic rings. The Morgan fingerprint density at radius 1 is 1.19 bits per heavy atom. The Morgan fingerprint density at radius 3 is 2.43 bits per heavy atom. The van der Waals surface area contributed by atoms with Gasteiger partial charge in [-0.25, -0.2) is 0 Å². The summed E-state index contributed by atoms with van der Waals surface area (Å²) in [4.78, 5) is 49.9. The van der Waals surface area contributed by atoms with Crippen molar-refractivity contribution in [2.24, 2.45) is 11.8 Å². The van der Waals surface area contributed by atoms with Crippen LogP contribution in [0.4, 0.5) is 0 Å². The molecule has 1 fully saturated rings. The Balaban J connectivity index is 2.22. The molecular weight excluding hydrogens is 280 g/mol. The van der Waals surface area contributed by atoms with E-state index < -0.39 is 35.1 Å². The van der Waals surface area contributed by atoms with Crippen molar-refractivity contribution in [1.82, 2.24) is 9.88 Å². The van der Waals surface area contributed by atoms with E-state index in [0.29, 0.717) is 0 Å². The molecule has 2 rings (SSSR count). The minimum atomic E-state index is -1.26. The van der Waals surface area contributed by atoms with Crippen LogP contribution < -0.4 is 5.43 Å². The van der Waals surface area contributed by atoms with Gasteiger partial charge in [-0.15, -0.1) is 0 Å². The lowest BCUT2D eigenvalue weighted by atomic mass is 9.85. The number of carbonyl (C=O) groups excluding carboxylic acids is 1. The Morgan fingerprint density at radius 2 is 1.86 bits per heavy atom. The number of aromatic nitrogens is 1. The largest absolute Gasteiger partial charge is 0.481 e. The highest BCUT2D eigenvalue weighted by atomic mass is 16.4. The smallest absolute Gasteiger partial charge is 0.309 e. The molecule has 0 aromatic carbocycles. The summed E-state index contributed by atoms with van der Waals surface area (Å²) in [6.07, 6.45) is 2.68. The van der Waals surface area contributed by atoms with Gasteiger partial charge in [0.2, 0.25) is 0 Å². The minimum absolute atomic E-state index is 0.0444. The molecule has 0 bridgehead atoms. The number of carbonyl (C=O) groups is 3. The number of rotatable bonds is 3. The molecule has 1 saturated heterocycles. The van der Waals surface area contributed by atoms with Crippen LogP contribution >= 0.6 is 0 Å². The van der Waals surface area contributed by atoms with Gasteiger partial charge in [-0.2, -0.15) is 0 Å². The van der Waals surface area contributed by atoms with E-state index in [1.165, 1.54) is 23.4 Å². The van der Waals surface area contributed by atoms with E-state index in [1.807, 2.05) is 0 Å². The molecule has 0 radical (unpaired) electrons. The van der Waals surface area contributed by atoms with E-state index >= 15 is 0 Å². The fourth-order valence-electron chi connectivity index (χ4n) is 2.44. The third-order valence-corrected chi connectivity index (χ3v) is 3.59. The highest BCUT2D eigenvalue weighted by molar-refractivity contribution is 5.94. The summed E-state index contributed by atoms with van der Waals surface area (Å²) in [6, 6.07) is 1.20. The van der Waals surface area contributed by atoms with Gasteiger partial charge in [0.25, 0.3) is 5.91 Å². The first kappa shape index (κ1) is 14.8. The summed E-state index contributed by atoms with van der Waals surface area (Å²) in [5, 5.41) is 18.1. The average Bonchev–Trinajstić information content (AvgIpc) is 2.46. The molecule has 2 atom stereocenters. The van der Waals surface area contributed by atoms with Crippen molar-refractivity contribution in [3.63, 3.8) is 0 Å². The van der Waals surface area contributed by atoms with E-state index in [2.05, 4.69) is 4.98 Å². The van der Waals surface area contributed by atoms with Crippen molar-refractivity contribution < 1.29 is 24.6 Å². The lowest BCUT2D eigenvalue weighted by molar-refractivity contribution is -0.156. The lowest BCUT2D eigenvalue weighted by Crippen LogP contribution is -2.49. The number of hydrogen-bond acceptors (Lipinski definition) is 4. The predicted molar refractivity (Wildman–Crippen MR) is 69.8 cm³/mol. The molecule has 0 saturated carbocycles. The van der Waals surface area contributed by atoms with Gasteiger partial charge in [-0.05, 0) is 6.42 Å². The summed E-state index contributed by atoms with van der Waals surface area (Å²) in [5.41, 5.74) is -0.554. The lowest BCUT2D eigenvalue weighted by Gasteiger charge is -2.34. The second-order valence-corrected chi connectivity index (χ2v) is 4.85. The van der Waals surface area contributed by atoms with Crippen molar-refractivity contribution in [2.45, 2.75) is 6.42 Å². The summed E-state index contributed by atoms with van der Waals surface area (Å²) >= 11 is 0. The second kappa shape index (κ2) is 5.78. The first-order chi connectivity index (χ1) is 9.91. The summed E-state index contributed by atoms with van der Waals surface area (Å²) in [6.45, 7) is -0.118. The molecule has 2 unspecified atom stereocenters. The Kier molecular flexibility index (Phi) is 4.06. The number of nitrogens with zero attached hydrogens (tertiary/aromatic N) is 1. The zero-order chi connectivity index (χ0) is 15.6. The second-order valence-electron chi connectivity index (χ2n) is 4.85. The van der Waals surface area contributed by atoms with Gasteiger partial charge in [0, 0.05) is 31.5 Å².